The van der Waals surface area contributed by atoms with Crippen molar-refractivity contribution in [2.75, 3.05) is 0 Å². The highest BCUT2D eigenvalue weighted by Crippen LogP contribution is 2.29. The summed E-state index contributed by atoms with van der Waals surface area (Å²) in [4.78, 5) is 9.17. The zero-order valence-corrected chi connectivity index (χ0v) is 23.7. The van der Waals surface area contributed by atoms with E-state index in [9.17, 15) is 5.11 Å². The maximum Gasteiger partial charge on any atom is 0.134 e. The first-order chi connectivity index (χ1) is 14.2. The standard InChI is InChI=1S/C14H22O.C13H22N2.C2H6/c1-10-7-11(13(2,3)4)9-12(8-10)14(5,6)15;1-9-8-10(12(2,3)4)15-11(14-9)13(5,6)7;1-2/h7-9,15H,1-6H3;8H,1-7H3;1-2H3. The van der Waals surface area contributed by atoms with Crippen LogP contribution in [0.3, 0.4) is 0 Å². The highest BCUT2D eigenvalue weighted by Gasteiger charge is 2.23. The Hall–Kier alpha value is -1.74. The summed E-state index contributed by atoms with van der Waals surface area (Å²) in [6, 6.07) is 8.42. The summed E-state index contributed by atoms with van der Waals surface area (Å²) in [7, 11) is 0. The predicted molar refractivity (Wildman–Crippen MR) is 141 cm³/mol. The highest BCUT2D eigenvalue weighted by molar-refractivity contribution is 5.35. The van der Waals surface area contributed by atoms with E-state index in [0.717, 1.165) is 22.8 Å². The van der Waals surface area contributed by atoms with Gasteiger partial charge in [0.2, 0.25) is 0 Å². The number of aromatic nitrogens is 2. The summed E-state index contributed by atoms with van der Waals surface area (Å²) in [5, 5.41) is 10.0. The van der Waals surface area contributed by atoms with E-state index in [1.54, 1.807) is 0 Å². The predicted octanol–water partition coefficient (Wildman–Crippen LogP) is 7.93. The zero-order chi connectivity index (χ0) is 25.7. The van der Waals surface area contributed by atoms with Crippen LogP contribution in [0.15, 0.2) is 24.3 Å². The van der Waals surface area contributed by atoms with E-state index in [-0.39, 0.29) is 16.2 Å². The third kappa shape index (κ3) is 9.81. The quantitative estimate of drug-likeness (QED) is 0.488. The summed E-state index contributed by atoms with van der Waals surface area (Å²) in [6.07, 6.45) is 0. The van der Waals surface area contributed by atoms with Gasteiger partial charge in [0.1, 0.15) is 5.82 Å². The highest BCUT2D eigenvalue weighted by atomic mass is 16.3. The molecule has 0 saturated heterocycles. The van der Waals surface area contributed by atoms with Gasteiger partial charge in [0, 0.05) is 22.2 Å². The lowest BCUT2D eigenvalue weighted by Crippen LogP contribution is -2.22. The molecule has 0 unspecified atom stereocenters. The second-order valence-electron chi connectivity index (χ2n) is 12.1. The van der Waals surface area contributed by atoms with Gasteiger partial charge in [0.25, 0.3) is 0 Å². The van der Waals surface area contributed by atoms with E-state index in [4.69, 9.17) is 0 Å². The zero-order valence-electron chi connectivity index (χ0n) is 23.7. The van der Waals surface area contributed by atoms with Crippen molar-refractivity contribution < 1.29 is 5.11 Å². The van der Waals surface area contributed by atoms with Crippen LogP contribution >= 0.6 is 0 Å². The number of benzene rings is 1. The van der Waals surface area contributed by atoms with Gasteiger partial charge in [-0.2, -0.15) is 0 Å². The van der Waals surface area contributed by atoms with Crippen molar-refractivity contribution in [1.82, 2.24) is 9.97 Å². The van der Waals surface area contributed by atoms with Gasteiger partial charge in [-0.3, -0.25) is 0 Å². The Labute approximate surface area is 199 Å². The number of nitrogens with zero attached hydrogens (tertiary/aromatic N) is 2. The Morgan fingerprint density at radius 1 is 0.594 bits per heavy atom. The number of hydrogen-bond acceptors (Lipinski definition) is 3. The van der Waals surface area contributed by atoms with Crippen LogP contribution in [-0.2, 0) is 21.8 Å². The van der Waals surface area contributed by atoms with E-state index in [1.807, 2.05) is 34.6 Å². The lowest BCUT2D eigenvalue weighted by molar-refractivity contribution is 0.0784. The van der Waals surface area contributed by atoms with Crippen LogP contribution in [0.1, 0.15) is 124 Å². The van der Waals surface area contributed by atoms with Crippen LogP contribution in [0.25, 0.3) is 0 Å². The molecule has 0 fully saturated rings. The van der Waals surface area contributed by atoms with Crippen molar-refractivity contribution in [2.45, 2.75) is 126 Å². The Balaban J connectivity index is 0.000000557. The number of rotatable bonds is 1. The third-order valence-corrected chi connectivity index (χ3v) is 4.94. The fourth-order valence-electron chi connectivity index (χ4n) is 2.86. The molecule has 0 amide bonds. The number of hydrogen-bond donors (Lipinski definition) is 1. The second kappa shape index (κ2) is 10.9. The van der Waals surface area contributed by atoms with Crippen molar-refractivity contribution in [3.63, 3.8) is 0 Å². The molecule has 0 aliphatic rings. The maximum absolute atomic E-state index is 10.0. The Morgan fingerprint density at radius 3 is 1.44 bits per heavy atom. The molecule has 1 aromatic heterocycles. The molecule has 3 nitrogen and oxygen atoms in total. The lowest BCUT2D eigenvalue weighted by atomic mass is 9.83. The summed E-state index contributed by atoms with van der Waals surface area (Å²) >= 11 is 0. The van der Waals surface area contributed by atoms with Crippen LogP contribution in [0.2, 0.25) is 0 Å². The van der Waals surface area contributed by atoms with E-state index in [2.05, 4.69) is 103 Å². The molecular weight excluding hydrogens is 392 g/mol. The molecule has 0 bridgehead atoms. The van der Waals surface area contributed by atoms with Crippen LogP contribution in [0, 0.1) is 13.8 Å². The van der Waals surface area contributed by atoms with E-state index in [1.165, 1.54) is 11.1 Å². The van der Waals surface area contributed by atoms with Gasteiger partial charge >= 0.3 is 0 Å². The van der Waals surface area contributed by atoms with Gasteiger partial charge in [0.05, 0.1) is 5.60 Å². The molecule has 32 heavy (non-hydrogen) atoms. The molecule has 0 atom stereocenters. The minimum absolute atomic E-state index is 0.0199. The topological polar surface area (TPSA) is 46.0 Å². The van der Waals surface area contributed by atoms with E-state index >= 15 is 0 Å². The molecule has 0 aliphatic heterocycles. The molecule has 2 aromatic rings. The normalized spacial score (nSPS) is 12.4. The Bertz CT molecular complexity index is 717. The van der Waals surface area contributed by atoms with Crippen molar-refractivity contribution in [3.8, 4) is 0 Å². The molecule has 1 aromatic carbocycles. The Kier molecular flexibility index (Phi) is 10.3. The first kappa shape index (κ1) is 30.3. The molecule has 1 N–H and O–H groups in total. The molecule has 0 radical (unpaired) electrons. The van der Waals surface area contributed by atoms with Gasteiger partial charge < -0.3 is 5.11 Å². The van der Waals surface area contributed by atoms with E-state index < -0.39 is 5.60 Å². The van der Waals surface area contributed by atoms with Gasteiger partial charge in [-0.1, -0.05) is 99.9 Å². The van der Waals surface area contributed by atoms with Crippen LogP contribution in [0.4, 0.5) is 0 Å². The van der Waals surface area contributed by atoms with Crippen LogP contribution < -0.4 is 0 Å². The average molecular weight is 443 g/mol. The fourth-order valence-corrected chi connectivity index (χ4v) is 2.86. The minimum Gasteiger partial charge on any atom is -0.386 e. The molecule has 1 heterocycles. The van der Waals surface area contributed by atoms with Gasteiger partial charge in [-0.15, -0.1) is 0 Å². The van der Waals surface area contributed by atoms with Crippen LogP contribution in [0.5, 0.6) is 0 Å². The molecular formula is C29H50N2O. The van der Waals surface area contributed by atoms with Crippen molar-refractivity contribution in [2.24, 2.45) is 0 Å². The van der Waals surface area contributed by atoms with Crippen molar-refractivity contribution in [3.05, 3.63) is 58.2 Å². The smallest absolute Gasteiger partial charge is 0.134 e. The lowest BCUT2D eigenvalue weighted by Gasteiger charge is -2.24. The van der Waals surface area contributed by atoms with Crippen LogP contribution in [-0.4, -0.2) is 15.1 Å². The molecule has 0 spiro atoms. The van der Waals surface area contributed by atoms with Crippen molar-refractivity contribution in [1.29, 1.82) is 0 Å². The third-order valence-electron chi connectivity index (χ3n) is 4.94. The molecule has 0 aliphatic carbocycles. The summed E-state index contributed by atoms with van der Waals surface area (Å²) in [5.41, 5.74) is 5.14. The summed E-state index contributed by atoms with van der Waals surface area (Å²) in [5.74, 6) is 0.937. The largest absolute Gasteiger partial charge is 0.386 e. The fraction of sp³-hybridized carbons (Fsp3) is 0.655. The Morgan fingerprint density at radius 2 is 1.06 bits per heavy atom. The maximum atomic E-state index is 10.0. The summed E-state index contributed by atoms with van der Waals surface area (Å²) in [6.45, 7) is 31.3. The summed E-state index contributed by atoms with van der Waals surface area (Å²) < 4.78 is 0. The SMILES string of the molecule is CC.Cc1cc(C(C)(C)C)cc(C(C)(C)O)c1.Cc1cc(C(C)(C)C)nc(C(C)(C)C)n1. The number of aryl methyl sites for hydroxylation is 2. The van der Waals surface area contributed by atoms with Gasteiger partial charge in [-0.05, 0) is 50.3 Å². The monoisotopic (exact) mass is 442 g/mol. The second-order valence-corrected chi connectivity index (χ2v) is 12.1. The molecule has 2 rings (SSSR count). The molecule has 0 saturated carbocycles. The average Bonchev–Trinajstić information content (AvgIpc) is 2.60. The first-order valence-electron chi connectivity index (χ1n) is 11.9. The first-order valence-corrected chi connectivity index (χ1v) is 11.9. The number of aliphatic hydroxyl groups is 1. The minimum atomic E-state index is -0.758. The van der Waals surface area contributed by atoms with Crippen molar-refractivity contribution >= 4 is 0 Å². The molecule has 182 valence electrons. The molecule has 3 heteroatoms. The van der Waals surface area contributed by atoms with Gasteiger partial charge in [-0.25, -0.2) is 9.97 Å². The van der Waals surface area contributed by atoms with Gasteiger partial charge in [0.15, 0.2) is 0 Å². The van der Waals surface area contributed by atoms with E-state index in [0.29, 0.717) is 0 Å².